The first-order valence-corrected chi connectivity index (χ1v) is 9.19. The van der Waals surface area contributed by atoms with Gasteiger partial charge in [0.1, 0.15) is 10.5 Å². The summed E-state index contributed by atoms with van der Waals surface area (Å²) in [6.07, 6.45) is 4.92. The summed E-state index contributed by atoms with van der Waals surface area (Å²) < 4.78 is 17.5. The predicted octanol–water partition coefficient (Wildman–Crippen LogP) is 1.50. The highest BCUT2D eigenvalue weighted by Gasteiger charge is 2.19. The van der Waals surface area contributed by atoms with Crippen molar-refractivity contribution in [2.45, 2.75) is 13.0 Å². The third-order valence-corrected chi connectivity index (χ3v) is 5.42. The van der Waals surface area contributed by atoms with Gasteiger partial charge in [0, 0.05) is 37.8 Å². The number of aromatic nitrogens is 6. The van der Waals surface area contributed by atoms with E-state index in [0.29, 0.717) is 23.0 Å². The number of nitrogens with one attached hydrogen (secondary N) is 1. The summed E-state index contributed by atoms with van der Waals surface area (Å²) in [4.78, 5) is 21.1. The first kappa shape index (κ1) is 18.0. The van der Waals surface area contributed by atoms with E-state index in [9.17, 15) is 9.18 Å². The van der Waals surface area contributed by atoms with Crippen LogP contribution >= 0.6 is 11.3 Å². The number of nitrogens with two attached hydrogens (primary N) is 1. The van der Waals surface area contributed by atoms with Crippen LogP contribution in [0.4, 0.5) is 4.39 Å². The van der Waals surface area contributed by atoms with Crippen LogP contribution in [-0.2, 0) is 20.0 Å². The van der Waals surface area contributed by atoms with Crippen LogP contribution in [0.25, 0.3) is 21.3 Å². The van der Waals surface area contributed by atoms with E-state index in [1.807, 2.05) is 6.07 Å². The molecule has 0 aliphatic carbocycles. The van der Waals surface area contributed by atoms with E-state index in [1.165, 1.54) is 18.4 Å². The third kappa shape index (κ3) is 2.99. The fraction of sp³-hybridized carbons (Fsp3) is 0.235. The van der Waals surface area contributed by atoms with E-state index >= 15 is 0 Å². The molecule has 0 aliphatic rings. The Labute approximate surface area is 162 Å². The Morgan fingerprint density at radius 2 is 2.32 bits per heavy atom. The number of allylic oxidation sites excluding steroid dienone is 2. The van der Waals surface area contributed by atoms with Gasteiger partial charge in [-0.15, -0.1) is 11.3 Å². The Bertz CT molecular complexity index is 1280. The van der Waals surface area contributed by atoms with Crippen molar-refractivity contribution in [2.24, 2.45) is 17.8 Å². The van der Waals surface area contributed by atoms with Crippen molar-refractivity contribution in [3.8, 4) is 0 Å². The molecule has 4 heterocycles. The van der Waals surface area contributed by atoms with Gasteiger partial charge in [-0.25, -0.2) is 14.1 Å². The molecule has 0 fully saturated rings. The molecule has 9 nitrogen and oxygen atoms in total. The Kier molecular flexibility index (Phi) is 4.51. The van der Waals surface area contributed by atoms with Crippen LogP contribution in [0, 0.1) is 0 Å². The van der Waals surface area contributed by atoms with Crippen molar-refractivity contribution >= 4 is 38.8 Å². The lowest BCUT2D eigenvalue weighted by molar-refractivity contribution is 0.597. The number of H-pyrrole nitrogens is 1. The summed E-state index contributed by atoms with van der Waals surface area (Å²) in [7, 11) is 3.22. The molecule has 0 amide bonds. The zero-order valence-corrected chi connectivity index (χ0v) is 16.0. The maximum absolute atomic E-state index is 13.8. The summed E-state index contributed by atoms with van der Waals surface area (Å²) in [5.74, 6) is -0.686. The number of thiazole rings is 1. The molecule has 4 rings (SSSR count). The maximum atomic E-state index is 13.8. The third-order valence-electron chi connectivity index (χ3n) is 4.34. The first-order chi connectivity index (χ1) is 13.5. The molecule has 144 valence electrons. The molecule has 28 heavy (non-hydrogen) atoms. The van der Waals surface area contributed by atoms with Gasteiger partial charge >= 0.3 is 0 Å². The molecule has 0 saturated heterocycles. The van der Waals surface area contributed by atoms with Crippen LogP contribution in [0.1, 0.15) is 10.7 Å². The van der Waals surface area contributed by atoms with Crippen molar-refractivity contribution in [1.29, 1.82) is 0 Å². The van der Waals surface area contributed by atoms with Crippen LogP contribution in [0.5, 0.6) is 0 Å². The van der Waals surface area contributed by atoms with Crippen LogP contribution < -0.4 is 11.3 Å². The lowest BCUT2D eigenvalue weighted by Crippen LogP contribution is -2.27. The first-order valence-electron chi connectivity index (χ1n) is 8.38. The average molecular weight is 400 g/mol. The van der Waals surface area contributed by atoms with Gasteiger partial charge in [0.25, 0.3) is 5.56 Å². The minimum atomic E-state index is -0.686. The molecule has 11 heteroatoms. The van der Waals surface area contributed by atoms with E-state index in [4.69, 9.17) is 5.73 Å². The standard InChI is InChI=1S/C17H17FN8OS/c1-20-7-11(18)12(19)8-26-17(27)14-10(6-22-26)15-16(25(14)2)23-13(28-15)5-9-3-4-21-24-9/h3-4,6-7H,5,8,19H2,1-2H3,(H,21,24). The second kappa shape index (κ2) is 7.00. The van der Waals surface area contributed by atoms with Crippen LogP contribution in [0.15, 0.2) is 39.8 Å². The van der Waals surface area contributed by atoms with Crippen molar-refractivity contribution in [1.82, 2.24) is 29.5 Å². The fourth-order valence-electron chi connectivity index (χ4n) is 3.00. The minimum Gasteiger partial charge on any atom is -0.398 e. The molecular weight excluding hydrogens is 383 g/mol. The molecule has 3 N–H and O–H groups in total. The zero-order valence-electron chi connectivity index (χ0n) is 15.2. The molecule has 0 aliphatic heterocycles. The molecular formula is C17H17FN8OS. The van der Waals surface area contributed by atoms with Gasteiger partial charge in [-0.05, 0) is 6.07 Å². The van der Waals surface area contributed by atoms with E-state index in [1.54, 1.807) is 24.0 Å². The van der Waals surface area contributed by atoms with Crippen molar-refractivity contribution < 1.29 is 4.39 Å². The van der Waals surface area contributed by atoms with Gasteiger partial charge < -0.3 is 10.3 Å². The predicted molar refractivity (Wildman–Crippen MR) is 106 cm³/mol. The largest absolute Gasteiger partial charge is 0.398 e. The number of aryl methyl sites for hydroxylation is 1. The van der Waals surface area contributed by atoms with Gasteiger partial charge in [0.2, 0.25) is 0 Å². The highest BCUT2D eigenvalue weighted by molar-refractivity contribution is 7.19. The monoisotopic (exact) mass is 400 g/mol. The molecule has 0 radical (unpaired) electrons. The molecule has 4 aromatic heterocycles. The highest BCUT2D eigenvalue weighted by Crippen LogP contribution is 2.31. The molecule has 0 bridgehead atoms. The Balaban J connectivity index is 1.78. The molecule has 4 aromatic rings. The molecule has 0 saturated carbocycles. The van der Waals surface area contributed by atoms with Gasteiger partial charge in [-0.2, -0.15) is 10.2 Å². The highest BCUT2D eigenvalue weighted by atomic mass is 32.1. The summed E-state index contributed by atoms with van der Waals surface area (Å²) >= 11 is 1.51. The van der Waals surface area contributed by atoms with Crippen LogP contribution in [-0.4, -0.2) is 42.8 Å². The minimum absolute atomic E-state index is 0.115. The second-order valence-electron chi connectivity index (χ2n) is 6.21. The number of nitrogens with zero attached hydrogens (tertiary/aromatic N) is 6. The number of aliphatic imine (C=N–C) groups is 1. The fourth-order valence-corrected chi connectivity index (χ4v) is 4.13. The van der Waals surface area contributed by atoms with Crippen molar-refractivity contribution in [3.05, 3.63) is 51.0 Å². The number of hydrogen-bond donors (Lipinski definition) is 2. The Morgan fingerprint density at radius 1 is 1.50 bits per heavy atom. The van der Waals surface area contributed by atoms with Crippen molar-refractivity contribution in [2.75, 3.05) is 7.05 Å². The molecule has 0 atom stereocenters. The number of halogens is 1. The summed E-state index contributed by atoms with van der Waals surface area (Å²) in [5.41, 5.74) is 7.36. The van der Waals surface area contributed by atoms with Crippen LogP contribution in [0.2, 0.25) is 0 Å². The summed E-state index contributed by atoms with van der Waals surface area (Å²) in [6.45, 7) is -0.163. The van der Waals surface area contributed by atoms with E-state index in [2.05, 4.69) is 25.3 Å². The molecule has 0 unspecified atom stereocenters. The summed E-state index contributed by atoms with van der Waals surface area (Å²) in [6, 6.07) is 1.89. The lowest BCUT2D eigenvalue weighted by atomic mass is 10.3. The number of aromatic amines is 1. The lowest BCUT2D eigenvalue weighted by Gasteiger charge is -2.06. The Hall–Kier alpha value is -3.34. The average Bonchev–Trinajstić information content (AvgIpc) is 3.37. The van der Waals surface area contributed by atoms with Gasteiger partial charge in [-0.3, -0.25) is 14.9 Å². The van der Waals surface area contributed by atoms with Gasteiger partial charge in [0.15, 0.2) is 11.5 Å². The van der Waals surface area contributed by atoms with Gasteiger partial charge in [0.05, 0.1) is 29.4 Å². The smallest absolute Gasteiger partial charge is 0.291 e. The van der Waals surface area contributed by atoms with Crippen LogP contribution in [0.3, 0.4) is 0 Å². The number of hydrogen-bond acceptors (Lipinski definition) is 7. The SMILES string of the molecule is CN=CC(F)=C(N)Cn1ncc2c3sc(Cc4ccn[nH]4)nc3n(C)c2c1=O. The van der Waals surface area contributed by atoms with Crippen molar-refractivity contribution in [3.63, 3.8) is 0 Å². The quantitative estimate of drug-likeness (QED) is 0.492. The van der Waals surface area contributed by atoms with Gasteiger partial charge in [-0.1, -0.05) is 0 Å². The summed E-state index contributed by atoms with van der Waals surface area (Å²) in [5, 5.41) is 12.6. The maximum Gasteiger partial charge on any atom is 0.291 e. The molecule has 0 aromatic carbocycles. The zero-order chi connectivity index (χ0) is 19.8. The normalized spacial score (nSPS) is 13.1. The second-order valence-corrected chi connectivity index (χ2v) is 7.29. The Morgan fingerprint density at radius 3 is 3.04 bits per heavy atom. The van der Waals surface area contributed by atoms with E-state index < -0.39 is 5.83 Å². The number of fused-ring (bicyclic) bond motifs is 3. The molecule has 0 spiro atoms. The number of rotatable bonds is 5. The van der Waals surface area contributed by atoms with E-state index in [-0.39, 0.29) is 17.8 Å². The van der Waals surface area contributed by atoms with E-state index in [0.717, 1.165) is 26.3 Å². The topological polar surface area (TPSA) is 120 Å².